The minimum Gasteiger partial charge on any atom is -0.399 e. The van der Waals surface area contributed by atoms with E-state index in [2.05, 4.69) is 12.2 Å². The minimum absolute atomic E-state index is 0.00184. The zero-order valence-electron chi connectivity index (χ0n) is 12.6. The molecule has 1 aliphatic rings. The van der Waals surface area contributed by atoms with Crippen LogP contribution in [-0.4, -0.2) is 12.5 Å². The number of anilines is 1. The summed E-state index contributed by atoms with van der Waals surface area (Å²) in [7, 11) is 0. The second-order valence-electron chi connectivity index (χ2n) is 6.14. The molecule has 2 rings (SSSR count). The van der Waals surface area contributed by atoms with Gasteiger partial charge in [-0.25, -0.2) is 0 Å². The number of hydrogen-bond acceptors (Lipinski definition) is 2. The average Bonchev–Trinajstić information content (AvgIpc) is 2.44. The van der Waals surface area contributed by atoms with Crippen LogP contribution in [0.25, 0.3) is 0 Å². The molecule has 1 saturated carbocycles. The first-order valence-corrected chi connectivity index (χ1v) is 7.74. The zero-order valence-corrected chi connectivity index (χ0v) is 12.6. The summed E-state index contributed by atoms with van der Waals surface area (Å²) in [5.41, 5.74) is 8.14. The highest BCUT2D eigenvalue weighted by atomic mass is 16.1. The normalized spacial score (nSPS) is 22.5. The monoisotopic (exact) mass is 274 g/mol. The van der Waals surface area contributed by atoms with Crippen molar-refractivity contribution in [3.63, 3.8) is 0 Å². The van der Waals surface area contributed by atoms with Gasteiger partial charge >= 0.3 is 0 Å². The maximum Gasteiger partial charge on any atom is 0.251 e. The third kappa shape index (κ3) is 3.99. The van der Waals surface area contributed by atoms with Gasteiger partial charge in [0.05, 0.1) is 0 Å². The van der Waals surface area contributed by atoms with Gasteiger partial charge in [0, 0.05) is 17.8 Å². The number of carbonyl (C=O) groups excluding carboxylic acids is 1. The summed E-state index contributed by atoms with van der Waals surface area (Å²) < 4.78 is 0. The summed E-state index contributed by atoms with van der Waals surface area (Å²) in [6, 6.07) is 5.51. The highest BCUT2D eigenvalue weighted by Crippen LogP contribution is 2.30. The molecule has 0 aromatic heterocycles. The molecule has 1 aromatic rings. The van der Waals surface area contributed by atoms with Crippen LogP contribution in [0.1, 0.15) is 54.9 Å². The number of aryl methyl sites for hydroxylation is 1. The predicted octanol–water partition coefficient (Wildman–Crippen LogP) is 3.52. The smallest absolute Gasteiger partial charge is 0.251 e. The van der Waals surface area contributed by atoms with Crippen molar-refractivity contribution in [2.24, 2.45) is 11.8 Å². The van der Waals surface area contributed by atoms with E-state index in [0.29, 0.717) is 17.2 Å². The molecule has 3 heteroatoms. The third-order valence-corrected chi connectivity index (χ3v) is 4.46. The number of amides is 1. The fraction of sp³-hybridized carbons (Fsp3) is 0.588. The summed E-state index contributed by atoms with van der Waals surface area (Å²) in [6.07, 6.45) is 6.41. The molecule has 110 valence electrons. The average molecular weight is 274 g/mol. The van der Waals surface area contributed by atoms with Gasteiger partial charge in [-0.2, -0.15) is 0 Å². The SMILES string of the molecule is CCC1CCC(CNC(=O)c2cc(C)cc(N)c2)CC1. The molecule has 1 aromatic carbocycles. The molecule has 3 N–H and O–H groups in total. The number of nitrogen functional groups attached to an aromatic ring is 1. The third-order valence-electron chi connectivity index (χ3n) is 4.46. The van der Waals surface area contributed by atoms with Crippen LogP contribution in [-0.2, 0) is 0 Å². The molecule has 0 saturated heterocycles. The van der Waals surface area contributed by atoms with E-state index in [1.165, 1.54) is 32.1 Å². The number of hydrogen-bond donors (Lipinski definition) is 2. The van der Waals surface area contributed by atoms with Crippen molar-refractivity contribution in [3.05, 3.63) is 29.3 Å². The van der Waals surface area contributed by atoms with E-state index in [-0.39, 0.29) is 5.91 Å². The summed E-state index contributed by atoms with van der Waals surface area (Å²) in [5.74, 6) is 1.54. The summed E-state index contributed by atoms with van der Waals surface area (Å²) in [5, 5.41) is 3.06. The van der Waals surface area contributed by atoms with E-state index < -0.39 is 0 Å². The molecular weight excluding hydrogens is 248 g/mol. The van der Waals surface area contributed by atoms with E-state index in [0.717, 1.165) is 18.0 Å². The lowest BCUT2D eigenvalue weighted by Crippen LogP contribution is -2.31. The van der Waals surface area contributed by atoms with E-state index in [4.69, 9.17) is 5.73 Å². The summed E-state index contributed by atoms with van der Waals surface area (Å²) in [4.78, 5) is 12.1. The summed E-state index contributed by atoms with van der Waals surface area (Å²) in [6.45, 7) is 5.02. The fourth-order valence-corrected chi connectivity index (χ4v) is 3.13. The second kappa shape index (κ2) is 6.78. The van der Waals surface area contributed by atoms with Gasteiger partial charge in [0.15, 0.2) is 0 Å². The van der Waals surface area contributed by atoms with Crippen molar-refractivity contribution in [3.8, 4) is 0 Å². The number of nitrogens with two attached hydrogens (primary N) is 1. The second-order valence-corrected chi connectivity index (χ2v) is 6.14. The van der Waals surface area contributed by atoms with Gasteiger partial charge in [-0.05, 0) is 55.4 Å². The molecule has 1 amide bonds. The maximum atomic E-state index is 12.1. The Bertz CT molecular complexity index is 442. The van der Waals surface area contributed by atoms with Gasteiger partial charge in [0.25, 0.3) is 5.91 Å². The maximum absolute atomic E-state index is 12.1. The summed E-state index contributed by atoms with van der Waals surface area (Å²) >= 11 is 0. The molecule has 3 nitrogen and oxygen atoms in total. The van der Waals surface area contributed by atoms with Crippen LogP contribution in [0.4, 0.5) is 5.69 Å². The molecule has 20 heavy (non-hydrogen) atoms. The van der Waals surface area contributed by atoms with Crippen molar-refractivity contribution in [1.29, 1.82) is 0 Å². The van der Waals surface area contributed by atoms with Crippen LogP contribution in [0.5, 0.6) is 0 Å². The molecule has 0 heterocycles. The standard InChI is InChI=1S/C17H26N2O/c1-3-13-4-6-14(7-5-13)11-19-17(20)15-8-12(2)9-16(18)10-15/h8-10,13-14H,3-7,11,18H2,1-2H3,(H,19,20). The first-order chi connectivity index (χ1) is 9.58. The number of nitrogens with one attached hydrogen (secondary N) is 1. The van der Waals surface area contributed by atoms with Crippen LogP contribution in [0.15, 0.2) is 18.2 Å². The number of benzene rings is 1. The van der Waals surface area contributed by atoms with Gasteiger partial charge in [-0.1, -0.05) is 26.2 Å². The van der Waals surface area contributed by atoms with E-state index in [1.54, 1.807) is 6.07 Å². The molecule has 0 spiro atoms. The molecule has 0 aliphatic heterocycles. The minimum atomic E-state index is -0.00184. The lowest BCUT2D eigenvalue weighted by molar-refractivity contribution is 0.0941. The Morgan fingerprint density at radius 3 is 2.45 bits per heavy atom. The van der Waals surface area contributed by atoms with Gasteiger partial charge in [-0.3, -0.25) is 4.79 Å². The molecular formula is C17H26N2O. The van der Waals surface area contributed by atoms with Crippen molar-refractivity contribution in [2.75, 3.05) is 12.3 Å². The van der Waals surface area contributed by atoms with Gasteiger partial charge in [0.2, 0.25) is 0 Å². The Kier molecular flexibility index (Phi) is 5.05. The predicted molar refractivity (Wildman–Crippen MR) is 83.7 cm³/mol. The Morgan fingerprint density at radius 2 is 1.85 bits per heavy atom. The fourth-order valence-electron chi connectivity index (χ4n) is 3.13. The largest absolute Gasteiger partial charge is 0.399 e. The van der Waals surface area contributed by atoms with Crippen molar-refractivity contribution in [2.45, 2.75) is 46.0 Å². The first-order valence-electron chi connectivity index (χ1n) is 7.74. The number of rotatable bonds is 4. The van der Waals surface area contributed by atoms with Crippen molar-refractivity contribution in [1.82, 2.24) is 5.32 Å². The Hall–Kier alpha value is -1.51. The lowest BCUT2D eigenvalue weighted by Gasteiger charge is -2.27. The van der Waals surface area contributed by atoms with Gasteiger partial charge in [-0.15, -0.1) is 0 Å². The van der Waals surface area contributed by atoms with Crippen LogP contribution < -0.4 is 11.1 Å². The van der Waals surface area contributed by atoms with E-state index in [1.807, 2.05) is 19.1 Å². The first kappa shape index (κ1) is 14.9. The van der Waals surface area contributed by atoms with Gasteiger partial charge < -0.3 is 11.1 Å². The molecule has 1 fully saturated rings. The topological polar surface area (TPSA) is 55.1 Å². The Balaban J connectivity index is 1.83. The zero-order chi connectivity index (χ0) is 14.5. The molecule has 1 aliphatic carbocycles. The highest BCUT2D eigenvalue weighted by Gasteiger charge is 2.20. The highest BCUT2D eigenvalue weighted by molar-refractivity contribution is 5.95. The van der Waals surface area contributed by atoms with Crippen LogP contribution in [0.3, 0.4) is 0 Å². The Labute approximate surface area is 121 Å². The molecule has 0 unspecified atom stereocenters. The van der Waals surface area contributed by atoms with Crippen LogP contribution >= 0.6 is 0 Å². The van der Waals surface area contributed by atoms with Gasteiger partial charge in [0.1, 0.15) is 0 Å². The lowest BCUT2D eigenvalue weighted by atomic mass is 9.81. The molecule has 0 radical (unpaired) electrons. The molecule has 0 bridgehead atoms. The van der Waals surface area contributed by atoms with E-state index in [9.17, 15) is 4.79 Å². The molecule has 0 atom stereocenters. The van der Waals surface area contributed by atoms with E-state index >= 15 is 0 Å². The van der Waals surface area contributed by atoms with Crippen molar-refractivity contribution < 1.29 is 4.79 Å². The Morgan fingerprint density at radius 1 is 1.20 bits per heavy atom. The quantitative estimate of drug-likeness (QED) is 0.825. The van der Waals surface area contributed by atoms with Crippen LogP contribution in [0.2, 0.25) is 0 Å². The van der Waals surface area contributed by atoms with Crippen molar-refractivity contribution >= 4 is 11.6 Å². The van der Waals surface area contributed by atoms with Crippen LogP contribution in [0, 0.1) is 18.8 Å². The number of carbonyl (C=O) groups is 1.